The van der Waals surface area contributed by atoms with Crippen LogP contribution in [0.15, 0.2) is 28.7 Å². The van der Waals surface area contributed by atoms with E-state index in [1.54, 1.807) is 0 Å². The summed E-state index contributed by atoms with van der Waals surface area (Å²) in [5, 5.41) is 6.08. The predicted octanol–water partition coefficient (Wildman–Crippen LogP) is 2.54. The Morgan fingerprint density at radius 2 is 2.32 bits per heavy atom. The van der Waals surface area contributed by atoms with Crippen LogP contribution in [-0.2, 0) is 9.53 Å². The number of hydrogen-bond acceptors (Lipinski definition) is 3. The third kappa shape index (κ3) is 4.30. The van der Waals surface area contributed by atoms with Gasteiger partial charge in [-0.2, -0.15) is 0 Å². The van der Waals surface area contributed by atoms with Crippen molar-refractivity contribution in [3.8, 4) is 0 Å². The van der Waals surface area contributed by atoms with Gasteiger partial charge in [0.2, 0.25) is 5.91 Å². The summed E-state index contributed by atoms with van der Waals surface area (Å²) in [5.74, 6) is -0.0447. The largest absolute Gasteiger partial charge is 0.377 e. The Labute approximate surface area is 122 Å². The lowest BCUT2D eigenvalue weighted by Gasteiger charge is -2.19. The molecular formula is C14H19BrN2O2. The number of hydrogen-bond donors (Lipinski definition) is 2. The first-order chi connectivity index (χ1) is 9.16. The molecule has 1 heterocycles. The van der Waals surface area contributed by atoms with Gasteiger partial charge in [-0.1, -0.05) is 12.1 Å². The van der Waals surface area contributed by atoms with E-state index in [4.69, 9.17) is 4.74 Å². The molecule has 1 fully saturated rings. The molecule has 1 aromatic carbocycles. The lowest BCUT2D eigenvalue weighted by atomic mass is 10.1. The number of anilines is 1. The highest BCUT2D eigenvalue weighted by Crippen LogP contribution is 2.21. The van der Waals surface area contributed by atoms with Gasteiger partial charge < -0.3 is 15.4 Å². The maximum Gasteiger partial charge on any atom is 0.238 e. The molecular weight excluding hydrogens is 308 g/mol. The predicted molar refractivity (Wildman–Crippen MR) is 79.2 cm³/mol. The highest BCUT2D eigenvalue weighted by Gasteiger charge is 2.22. The summed E-state index contributed by atoms with van der Waals surface area (Å²) < 4.78 is 6.47. The minimum absolute atomic E-state index is 0.0447. The van der Waals surface area contributed by atoms with E-state index in [1.807, 2.05) is 24.3 Å². The van der Waals surface area contributed by atoms with E-state index in [2.05, 4.69) is 33.5 Å². The average Bonchev–Trinajstić information content (AvgIpc) is 2.93. The third-order valence-electron chi connectivity index (χ3n) is 3.26. The minimum atomic E-state index is -0.0447. The number of benzene rings is 1. The first-order valence-corrected chi connectivity index (χ1v) is 7.35. The fraction of sp³-hybridized carbons (Fsp3) is 0.500. The average molecular weight is 327 g/mol. The summed E-state index contributed by atoms with van der Waals surface area (Å²) in [7, 11) is 0. The summed E-state index contributed by atoms with van der Waals surface area (Å²) in [5.41, 5.74) is 0.791. The van der Waals surface area contributed by atoms with Crippen molar-refractivity contribution < 1.29 is 9.53 Å². The van der Waals surface area contributed by atoms with Gasteiger partial charge in [-0.05, 0) is 47.8 Å². The number of carbonyl (C=O) groups excluding carboxylic acids is 1. The smallest absolute Gasteiger partial charge is 0.238 e. The van der Waals surface area contributed by atoms with Crippen molar-refractivity contribution in [2.24, 2.45) is 0 Å². The molecule has 2 N–H and O–H groups in total. The molecule has 2 atom stereocenters. The second-order valence-electron chi connectivity index (χ2n) is 4.75. The molecule has 104 valence electrons. The maximum atomic E-state index is 11.8. The topological polar surface area (TPSA) is 50.4 Å². The molecule has 0 aliphatic carbocycles. The van der Waals surface area contributed by atoms with Crippen molar-refractivity contribution in [2.75, 3.05) is 18.5 Å². The Balaban J connectivity index is 1.77. The van der Waals surface area contributed by atoms with E-state index in [9.17, 15) is 4.79 Å². The van der Waals surface area contributed by atoms with Crippen LogP contribution in [0.25, 0.3) is 0 Å². The second kappa shape index (κ2) is 7.03. The van der Waals surface area contributed by atoms with Crippen molar-refractivity contribution in [1.29, 1.82) is 0 Å². The first kappa shape index (κ1) is 14.5. The van der Waals surface area contributed by atoms with E-state index in [-0.39, 0.29) is 18.1 Å². The van der Waals surface area contributed by atoms with Crippen LogP contribution in [0.4, 0.5) is 5.69 Å². The van der Waals surface area contributed by atoms with Crippen LogP contribution in [0, 0.1) is 0 Å². The normalized spacial score (nSPS) is 20.2. The van der Waals surface area contributed by atoms with Crippen molar-refractivity contribution in [1.82, 2.24) is 5.32 Å². The van der Waals surface area contributed by atoms with Crippen LogP contribution < -0.4 is 10.6 Å². The van der Waals surface area contributed by atoms with Gasteiger partial charge in [0.1, 0.15) is 0 Å². The molecule has 0 bridgehead atoms. The fourth-order valence-corrected chi connectivity index (χ4v) is 2.52. The maximum absolute atomic E-state index is 11.8. The summed E-state index contributed by atoms with van der Waals surface area (Å²) in [4.78, 5) is 11.8. The first-order valence-electron chi connectivity index (χ1n) is 6.56. The van der Waals surface area contributed by atoms with Crippen molar-refractivity contribution >= 4 is 27.5 Å². The van der Waals surface area contributed by atoms with Gasteiger partial charge in [0, 0.05) is 17.1 Å². The molecule has 1 amide bonds. The molecule has 1 aliphatic rings. The van der Waals surface area contributed by atoms with Crippen LogP contribution in [0.5, 0.6) is 0 Å². The Kier molecular flexibility index (Phi) is 5.36. The summed E-state index contributed by atoms with van der Waals surface area (Å²) in [6.07, 6.45) is 2.41. The van der Waals surface area contributed by atoms with Gasteiger partial charge in [0.25, 0.3) is 0 Å². The SMILES string of the molecule is CC(NCC(=O)Nc1ccccc1Br)C1CCCO1. The van der Waals surface area contributed by atoms with Crippen LogP contribution in [-0.4, -0.2) is 31.2 Å². The number of halogens is 1. The number of ether oxygens (including phenoxy) is 1. The van der Waals surface area contributed by atoms with E-state index in [0.717, 1.165) is 29.6 Å². The van der Waals surface area contributed by atoms with Gasteiger partial charge in [-0.15, -0.1) is 0 Å². The zero-order valence-electron chi connectivity index (χ0n) is 11.0. The lowest BCUT2D eigenvalue weighted by molar-refractivity contribution is -0.115. The number of nitrogens with one attached hydrogen (secondary N) is 2. The molecule has 0 aromatic heterocycles. The Bertz CT molecular complexity index is 433. The van der Waals surface area contributed by atoms with Crippen LogP contribution in [0.3, 0.4) is 0 Å². The van der Waals surface area contributed by atoms with Crippen LogP contribution in [0.2, 0.25) is 0 Å². The van der Waals surface area contributed by atoms with Crippen molar-refractivity contribution in [3.05, 3.63) is 28.7 Å². The number of amides is 1. The molecule has 0 spiro atoms. The number of rotatable bonds is 5. The van der Waals surface area contributed by atoms with Gasteiger partial charge in [0.05, 0.1) is 18.3 Å². The van der Waals surface area contributed by atoms with Gasteiger partial charge in [-0.3, -0.25) is 4.79 Å². The molecule has 19 heavy (non-hydrogen) atoms. The molecule has 1 aromatic rings. The van der Waals surface area contributed by atoms with E-state index in [0.29, 0.717) is 6.54 Å². The standard InChI is InChI=1S/C14H19BrN2O2/c1-10(13-7-4-8-19-13)16-9-14(18)17-12-6-3-2-5-11(12)15/h2-3,5-6,10,13,16H,4,7-9H2,1H3,(H,17,18). The highest BCUT2D eigenvalue weighted by molar-refractivity contribution is 9.10. The molecule has 0 saturated carbocycles. The van der Waals surface area contributed by atoms with E-state index >= 15 is 0 Å². The summed E-state index contributed by atoms with van der Waals surface area (Å²) in [6, 6.07) is 7.77. The van der Waals surface area contributed by atoms with E-state index < -0.39 is 0 Å². The number of carbonyl (C=O) groups is 1. The summed E-state index contributed by atoms with van der Waals surface area (Å²) in [6.45, 7) is 3.18. The monoisotopic (exact) mass is 326 g/mol. The fourth-order valence-electron chi connectivity index (χ4n) is 2.14. The molecule has 4 nitrogen and oxygen atoms in total. The molecule has 0 radical (unpaired) electrons. The molecule has 1 saturated heterocycles. The van der Waals surface area contributed by atoms with Crippen LogP contribution in [0.1, 0.15) is 19.8 Å². The molecule has 5 heteroatoms. The molecule has 2 unspecified atom stereocenters. The second-order valence-corrected chi connectivity index (χ2v) is 5.60. The summed E-state index contributed by atoms with van der Waals surface area (Å²) >= 11 is 3.40. The molecule has 1 aliphatic heterocycles. The van der Waals surface area contributed by atoms with Crippen molar-refractivity contribution in [2.45, 2.75) is 31.9 Å². The van der Waals surface area contributed by atoms with Crippen LogP contribution >= 0.6 is 15.9 Å². The Morgan fingerprint density at radius 3 is 3.00 bits per heavy atom. The third-order valence-corrected chi connectivity index (χ3v) is 3.95. The molecule has 2 rings (SSSR count). The highest BCUT2D eigenvalue weighted by atomic mass is 79.9. The zero-order chi connectivity index (χ0) is 13.7. The minimum Gasteiger partial charge on any atom is -0.377 e. The van der Waals surface area contributed by atoms with Gasteiger partial charge in [-0.25, -0.2) is 0 Å². The van der Waals surface area contributed by atoms with Gasteiger partial charge in [0.15, 0.2) is 0 Å². The Morgan fingerprint density at radius 1 is 1.53 bits per heavy atom. The van der Waals surface area contributed by atoms with Gasteiger partial charge >= 0.3 is 0 Å². The van der Waals surface area contributed by atoms with E-state index in [1.165, 1.54) is 0 Å². The van der Waals surface area contributed by atoms with Crippen molar-refractivity contribution in [3.63, 3.8) is 0 Å². The number of para-hydroxylation sites is 1. The Hall–Kier alpha value is -0.910. The zero-order valence-corrected chi connectivity index (χ0v) is 12.6. The lowest BCUT2D eigenvalue weighted by Crippen LogP contribution is -2.41. The quantitative estimate of drug-likeness (QED) is 0.874.